The number of hydrogen-bond acceptors (Lipinski definition) is 3. The zero-order valence-corrected chi connectivity index (χ0v) is 15.8. The van der Waals surface area contributed by atoms with Crippen LogP contribution in [0.25, 0.3) is 11.4 Å². The van der Waals surface area contributed by atoms with Gasteiger partial charge >= 0.3 is 0 Å². The molecule has 0 spiro atoms. The van der Waals surface area contributed by atoms with E-state index >= 15 is 0 Å². The highest BCUT2D eigenvalue weighted by atomic mass is 32.2. The number of aromatic nitrogens is 3. The van der Waals surface area contributed by atoms with Crippen LogP contribution in [0, 0.1) is 5.82 Å². The molecule has 1 aromatic heterocycles. The molecule has 1 heterocycles. The molecule has 0 bridgehead atoms. The highest BCUT2D eigenvalue weighted by Gasteiger charge is 2.15. The first-order valence-corrected chi connectivity index (χ1v) is 9.21. The fourth-order valence-corrected chi connectivity index (χ4v) is 3.44. The van der Waals surface area contributed by atoms with Crippen molar-refractivity contribution in [3.05, 3.63) is 65.5 Å². The van der Waals surface area contributed by atoms with Crippen molar-refractivity contribution in [1.29, 1.82) is 0 Å². The van der Waals surface area contributed by atoms with Gasteiger partial charge in [0.05, 0.1) is 0 Å². The van der Waals surface area contributed by atoms with Gasteiger partial charge in [0.1, 0.15) is 5.82 Å². The first kappa shape index (κ1) is 17.7. The molecule has 0 saturated carbocycles. The molecule has 0 N–H and O–H groups in total. The molecule has 0 aliphatic carbocycles. The van der Waals surface area contributed by atoms with E-state index in [-0.39, 0.29) is 11.2 Å². The van der Waals surface area contributed by atoms with Gasteiger partial charge < -0.3 is 4.57 Å². The first-order chi connectivity index (χ1) is 11.8. The highest BCUT2D eigenvalue weighted by Crippen LogP contribution is 2.28. The highest BCUT2D eigenvalue weighted by molar-refractivity contribution is 7.98. The second-order valence-corrected chi connectivity index (χ2v) is 8.05. The summed E-state index contributed by atoms with van der Waals surface area (Å²) in [7, 11) is 1.96. The van der Waals surface area contributed by atoms with Gasteiger partial charge in [0.2, 0.25) is 0 Å². The zero-order chi connectivity index (χ0) is 18.0. The van der Waals surface area contributed by atoms with E-state index in [9.17, 15) is 4.39 Å². The predicted molar refractivity (Wildman–Crippen MR) is 101 cm³/mol. The average molecular weight is 355 g/mol. The lowest BCUT2D eigenvalue weighted by atomic mass is 9.87. The fourth-order valence-electron chi connectivity index (χ4n) is 2.59. The maximum atomic E-state index is 13.3. The summed E-state index contributed by atoms with van der Waals surface area (Å²) in [6.45, 7) is 6.60. The summed E-state index contributed by atoms with van der Waals surface area (Å²) in [6, 6.07) is 15.1. The predicted octanol–water partition coefficient (Wildman–Crippen LogP) is 5.21. The van der Waals surface area contributed by atoms with Crippen LogP contribution in [0.15, 0.2) is 53.7 Å². The quantitative estimate of drug-likeness (QED) is 0.602. The Labute approximate surface area is 152 Å². The van der Waals surface area contributed by atoms with E-state index < -0.39 is 0 Å². The molecule has 0 atom stereocenters. The summed E-state index contributed by atoms with van der Waals surface area (Å²) in [5, 5.41) is 9.43. The maximum Gasteiger partial charge on any atom is 0.191 e. The monoisotopic (exact) mass is 355 g/mol. The molecule has 130 valence electrons. The molecule has 25 heavy (non-hydrogen) atoms. The Bertz CT molecular complexity index is 863. The van der Waals surface area contributed by atoms with E-state index in [2.05, 4.69) is 55.2 Å². The van der Waals surface area contributed by atoms with Crippen molar-refractivity contribution in [2.75, 3.05) is 0 Å². The van der Waals surface area contributed by atoms with E-state index in [1.807, 2.05) is 17.7 Å². The number of thioether (sulfide) groups is 1. The van der Waals surface area contributed by atoms with Gasteiger partial charge in [-0.15, -0.1) is 10.2 Å². The van der Waals surface area contributed by atoms with Gasteiger partial charge in [-0.05, 0) is 28.7 Å². The molecule has 3 aromatic rings. The van der Waals surface area contributed by atoms with Crippen molar-refractivity contribution in [3.8, 4) is 11.4 Å². The first-order valence-electron chi connectivity index (χ1n) is 8.22. The summed E-state index contributed by atoms with van der Waals surface area (Å²) in [5.74, 6) is 1.28. The molecule has 0 aliphatic heterocycles. The molecular formula is C20H22FN3S. The minimum Gasteiger partial charge on any atom is -0.305 e. The molecule has 0 fully saturated rings. The number of halogens is 1. The van der Waals surface area contributed by atoms with E-state index in [0.717, 1.165) is 22.1 Å². The molecule has 0 amide bonds. The largest absolute Gasteiger partial charge is 0.305 e. The Morgan fingerprint density at radius 2 is 1.76 bits per heavy atom. The standard InChI is InChI=1S/C20H22FN3S/c1-20(2,3)16-10-8-15(9-11-16)18-22-23-19(24(18)4)25-13-14-6-5-7-17(21)12-14/h5-12H,13H2,1-4H3. The SMILES string of the molecule is Cn1c(SCc2cccc(F)c2)nnc1-c1ccc(C(C)(C)C)cc1. The number of hydrogen-bond donors (Lipinski definition) is 0. The van der Waals surface area contributed by atoms with Crippen molar-refractivity contribution in [1.82, 2.24) is 14.8 Å². The molecule has 3 nitrogen and oxygen atoms in total. The van der Waals surface area contributed by atoms with Crippen LogP contribution in [0.1, 0.15) is 31.9 Å². The van der Waals surface area contributed by atoms with E-state index in [1.165, 1.54) is 11.6 Å². The van der Waals surface area contributed by atoms with Gasteiger partial charge in [-0.3, -0.25) is 0 Å². The molecule has 0 aliphatic rings. The summed E-state index contributed by atoms with van der Waals surface area (Å²) >= 11 is 1.55. The molecule has 0 saturated heterocycles. The Morgan fingerprint density at radius 1 is 1.04 bits per heavy atom. The van der Waals surface area contributed by atoms with Crippen LogP contribution < -0.4 is 0 Å². The van der Waals surface area contributed by atoms with Crippen molar-refractivity contribution < 1.29 is 4.39 Å². The average Bonchev–Trinajstić information content (AvgIpc) is 2.93. The third-order valence-corrected chi connectivity index (χ3v) is 5.19. The lowest BCUT2D eigenvalue weighted by Crippen LogP contribution is -2.10. The second kappa shape index (κ2) is 7.00. The smallest absolute Gasteiger partial charge is 0.191 e. The number of benzene rings is 2. The van der Waals surface area contributed by atoms with Crippen LogP contribution in [0.2, 0.25) is 0 Å². The summed E-state index contributed by atoms with van der Waals surface area (Å²) in [4.78, 5) is 0. The normalized spacial score (nSPS) is 11.7. The topological polar surface area (TPSA) is 30.7 Å². The summed E-state index contributed by atoms with van der Waals surface area (Å²) < 4.78 is 15.3. The summed E-state index contributed by atoms with van der Waals surface area (Å²) in [5.41, 5.74) is 3.40. The van der Waals surface area contributed by atoms with Gasteiger partial charge in [-0.25, -0.2) is 4.39 Å². The summed E-state index contributed by atoms with van der Waals surface area (Å²) in [6.07, 6.45) is 0. The Balaban J connectivity index is 1.77. The van der Waals surface area contributed by atoms with Crippen LogP contribution in [0.5, 0.6) is 0 Å². The van der Waals surface area contributed by atoms with Crippen LogP contribution in [0.3, 0.4) is 0 Å². The fraction of sp³-hybridized carbons (Fsp3) is 0.300. The van der Waals surface area contributed by atoms with Gasteiger partial charge in [-0.2, -0.15) is 0 Å². The third-order valence-electron chi connectivity index (χ3n) is 4.10. The van der Waals surface area contributed by atoms with Gasteiger partial charge in [0.25, 0.3) is 0 Å². The maximum absolute atomic E-state index is 13.3. The van der Waals surface area contributed by atoms with E-state index in [0.29, 0.717) is 5.75 Å². The minimum absolute atomic E-state index is 0.129. The molecule has 0 unspecified atom stereocenters. The molecule has 0 radical (unpaired) electrons. The van der Waals surface area contributed by atoms with Crippen molar-refractivity contribution in [3.63, 3.8) is 0 Å². The van der Waals surface area contributed by atoms with Crippen LogP contribution in [0.4, 0.5) is 4.39 Å². The zero-order valence-electron chi connectivity index (χ0n) is 15.0. The van der Waals surface area contributed by atoms with Gasteiger partial charge in [0.15, 0.2) is 11.0 Å². The van der Waals surface area contributed by atoms with Crippen molar-refractivity contribution in [2.24, 2.45) is 7.05 Å². The number of rotatable bonds is 4. The lowest BCUT2D eigenvalue weighted by Gasteiger charge is -2.19. The Morgan fingerprint density at radius 3 is 2.40 bits per heavy atom. The van der Waals surface area contributed by atoms with Crippen LogP contribution in [-0.2, 0) is 18.2 Å². The molecule has 5 heteroatoms. The van der Waals surface area contributed by atoms with Gasteiger partial charge in [0, 0.05) is 18.4 Å². The minimum atomic E-state index is -0.212. The van der Waals surface area contributed by atoms with E-state index in [1.54, 1.807) is 23.9 Å². The van der Waals surface area contributed by atoms with Crippen molar-refractivity contribution in [2.45, 2.75) is 37.1 Å². The Hall–Kier alpha value is -2.14. The number of nitrogens with zero attached hydrogens (tertiary/aromatic N) is 3. The van der Waals surface area contributed by atoms with E-state index in [4.69, 9.17) is 0 Å². The molecule has 3 rings (SSSR count). The van der Waals surface area contributed by atoms with Crippen LogP contribution in [-0.4, -0.2) is 14.8 Å². The third kappa shape index (κ3) is 4.10. The second-order valence-electron chi connectivity index (χ2n) is 7.11. The van der Waals surface area contributed by atoms with Crippen LogP contribution >= 0.6 is 11.8 Å². The lowest BCUT2D eigenvalue weighted by molar-refractivity contribution is 0.590. The Kier molecular flexibility index (Phi) is 4.95. The van der Waals surface area contributed by atoms with Gasteiger partial charge in [-0.1, -0.05) is 68.9 Å². The van der Waals surface area contributed by atoms with Crippen molar-refractivity contribution >= 4 is 11.8 Å². The molecule has 2 aromatic carbocycles. The molecular weight excluding hydrogens is 333 g/mol.